The van der Waals surface area contributed by atoms with Crippen molar-refractivity contribution in [1.82, 2.24) is 4.90 Å². The molecule has 0 saturated heterocycles. The summed E-state index contributed by atoms with van der Waals surface area (Å²) >= 11 is 1.69. The Morgan fingerprint density at radius 2 is 2.00 bits per heavy atom. The summed E-state index contributed by atoms with van der Waals surface area (Å²) in [6.45, 7) is 3.54. The third-order valence-electron chi connectivity index (χ3n) is 2.58. The molecule has 20 heavy (non-hydrogen) atoms. The van der Waals surface area contributed by atoms with Crippen LogP contribution in [0, 0.1) is 0 Å². The summed E-state index contributed by atoms with van der Waals surface area (Å²) in [4.78, 5) is 25.0. The Labute approximate surface area is 123 Å². The molecule has 0 aliphatic rings. The highest BCUT2D eigenvalue weighted by atomic mass is 32.2. The molecule has 5 heteroatoms. The van der Waals surface area contributed by atoms with Crippen LogP contribution in [0.25, 0.3) is 0 Å². The molecule has 1 amide bonds. The number of hydrogen-bond acceptors (Lipinski definition) is 3. The molecule has 1 N–H and O–H groups in total. The summed E-state index contributed by atoms with van der Waals surface area (Å²) in [5.74, 6) is -0.301. The van der Waals surface area contributed by atoms with Crippen molar-refractivity contribution in [2.45, 2.75) is 17.7 Å². The number of carbonyl (C=O) groups excluding carboxylic acids is 1. The monoisotopic (exact) mass is 293 g/mol. The molecular weight excluding hydrogens is 274 g/mol. The largest absolute Gasteiger partial charge is 0.480 e. The van der Waals surface area contributed by atoms with Crippen LogP contribution in [-0.4, -0.2) is 40.7 Å². The van der Waals surface area contributed by atoms with Crippen LogP contribution in [0.15, 0.2) is 47.9 Å². The van der Waals surface area contributed by atoms with Gasteiger partial charge in [-0.3, -0.25) is 9.59 Å². The van der Waals surface area contributed by atoms with Crippen molar-refractivity contribution in [2.75, 3.05) is 18.8 Å². The van der Waals surface area contributed by atoms with Gasteiger partial charge >= 0.3 is 5.97 Å². The van der Waals surface area contributed by atoms with Gasteiger partial charge in [0.15, 0.2) is 0 Å². The Hall–Kier alpha value is -1.75. The van der Waals surface area contributed by atoms with Gasteiger partial charge in [-0.05, 0) is 24.3 Å². The van der Waals surface area contributed by atoms with Crippen molar-refractivity contribution in [3.63, 3.8) is 0 Å². The number of benzene rings is 1. The van der Waals surface area contributed by atoms with Gasteiger partial charge in [-0.25, -0.2) is 0 Å². The zero-order chi connectivity index (χ0) is 14.8. The predicted octanol–water partition coefficient (Wildman–Crippen LogP) is 2.66. The average Bonchev–Trinajstić information content (AvgIpc) is 2.43. The van der Waals surface area contributed by atoms with E-state index in [-0.39, 0.29) is 19.0 Å². The van der Waals surface area contributed by atoms with Crippen LogP contribution in [0.4, 0.5) is 0 Å². The van der Waals surface area contributed by atoms with Crippen molar-refractivity contribution in [3.05, 3.63) is 43.0 Å². The summed E-state index contributed by atoms with van der Waals surface area (Å²) in [7, 11) is 0. The number of rotatable bonds is 9. The highest BCUT2D eigenvalue weighted by molar-refractivity contribution is 7.99. The van der Waals surface area contributed by atoms with Crippen molar-refractivity contribution in [3.8, 4) is 0 Å². The molecule has 0 unspecified atom stereocenters. The summed E-state index contributed by atoms with van der Waals surface area (Å²) < 4.78 is 0. The zero-order valence-electron chi connectivity index (χ0n) is 11.3. The average molecular weight is 293 g/mol. The molecule has 108 valence electrons. The lowest BCUT2D eigenvalue weighted by Gasteiger charge is -2.18. The van der Waals surface area contributed by atoms with Crippen molar-refractivity contribution >= 4 is 23.6 Å². The molecule has 0 aliphatic carbocycles. The standard InChI is InChI=1S/C15H19NO3S/c1-2-10-16(12-15(18)19)14(17)9-6-11-20-13-7-4-3-5-8-13/h2-5,7-8H,1,6,9-12H2,(H,18,19). The number of carboxylic acids is 1. The number of hydrogen-bond donors (Lipinski definition) is 1. The highest BCUT2D eigenvalue weighted by Crippen LogP contribution is 2.18. The molecule has 1 rings (SSSR count). The minimum Gasteiger partial charge on any atom is -0.480 e. The van der Waals surface area contributed by atoms with E-state index in [0.717, 1.165) is 12.2 Å². The first-order chi connectivity index (χ1) is 9.63. The molecule has 0 atom stereocenters. The van der Waals surface area contributed by atoms with Crippen molar-refractivity contribution in [1.29, 1.82) is 0 Å². The van der Waals surface area contributed by atoms with Crippen LogP contribution in [0.1, 0.15) is 12.8 Å². The molecule has 0 saturated carbocycles. The molecule has 0 aliphatic heterocycles. The maximum absolute atomic E-state index is 11.9. The molecule has 1 aromatic rings. The first-order valence-corrected chi connectivity index (χ1v) is 7.40. The summed E-state index contributed by atoms with van der Waals surface area (Å²) in [6, 6.07) is 9.98. The topological polar surface area (TPSA) is 57.6 Å². The lowest BCUT2D eigenvalue weighted by Crippen LogP contribution is -2.35. The third-order valence-corrected chi connectivity index (χ3v) is 3.67. The second kappa shape index (κ2) is 9.20. The van der Waals surface area contributed by atoms with Crippen LogP contribution >= 0.6 is 11.8 Å². The lowest BCUT2D eigenvalue weighted by atomic mass is 10.3. The Morgan fingerprint density at radius 3 is 2.60 bits per heavy atom. The van der Waals surface area contributed by atoms with Gasteiger partial charge in [0.25, 0.3) is 0 Å². The first kappa shape index (κ1) is 16.3. The van der Waals surface area contributed by atoms with Gasteiger partial charge in [0.2, 0.25) is 5.91 Å². The van der Waals surface area contributed by atoms with Crippen LogP contribution in [0.3, 0.4) is 0 Å². The van der Waals surface area contributed by atoms with Gasteiger partial charge in [-0.2, -0.15) is 0 Å². The number of carbonyl (C=O) groups is 2. The highest BCUT2D eigenvalue weighted by Gasteiger charge is 2.14. The van der Waals surface area contributed by atoms with Gasteiger partial charge < -0.3 is 10.0 Å². The van der Waals surface area contributed by atoms with Crippen LogP contribution in [0.5, 0.6) is 0 Å². The van der Waals surface area contributed by atoms with E-state index in [1.807, 2.05) is 30.3 Å². The van der Waals surface area contributed by atoms with Gasteiger partial charge in [-0.1, -0.05) is 24.3 Å². The van der Waals surface area contributed by atoms with Crippen LogP contribution in [-0.2, 0) is 9.59 Å². The second-order valence-corrected chi connectivity index (χ2v) is 5.39. The van der Waals surface area contributed by atoms with E-state index in [1.54, 1.807) is 17.8 Å². The van der Waals surface area contributed by atoms with Gasteiger partial charge in [0.1, 0.15) is 6.54 Å². The fourth-order valence-corrected chi connectivity index (χ4v) is 2.54. The van der Waals surface area contributed by atoms with Crippen molar-refractivity contribution < 1.29 is 14.7 Å². The Morgan fingerprint density at radius 1 is 1.30 bits per heavy atom. The molecular formula is C15H19NO3S. The smallest absolute Gasteiger partial charge is 0.323 e. The first-order valence-electron chi connectivity index (χ1n) is 6.42. The number of aliphatic carboxylic acids is 1. The molecule has 0 bridgehead atoms. The quantitative estimate of drug-likeness (QED) is 0.432. The maximum atomic E-state index is 11.9. The molecule has 0 spiro atoms. The molecule has 0 fully saturated rings. The third kappa shape index (κ3) is 6.43. The fourth-order valence-electron chi connectivity index (χ4n) is 1.66. The minimum atomic E-state index is -1.00. The number of amides is 1. The van der Waals surface area contributed by atoms with Gasteiger partial charge in [0.05, 0.1) is 0 Å². The zero-order valence-corrected chi connectivity index (χ0v) is 12.1. The van der Waals surface area contributed by atoms with Gasteiger partial charge in [0, 0.05) is 17.9 Å². The van der Waals surface area contributed by atoms with E-state index >= 15 is 0 Å². The van der Waals surface area contributed by atoms with Crippen molar-refractivity contribution in [2.24, 2.45) is 0 Å². The van der Waals surface area contributed by atoms with E-state index in [4.69, 9.17) is 5.11 Å². The second-order valence-electron chi connectivity index (χ2n) is 4.22. The number of nitrogens with zero attached hydrogens (tertiary/aromatic N) is 1. The molecule has 4 nitrogen and oxygen atoms in total. The van der Waals surface area contributed by atoms with E-state index in [9.17, 15) is 9.59 Å². The molecule has 0 aromatic heterocycles. The number of carboxylic acid groups (broad SMARTS) is 1. The van der Waals surface area contributed by atoms with Gasteiger partial charge in [-0.15, -0.1) is 18.3 Å². The summed E-state index contributed by atoms with van der Waals surface area (Å²) in [5.41, 5.74) is 0. The fraction of sp³-hybridized carbons (Fsp3) is 0.333. The lowest BCUT2D eigenvalue weighted by molar-refractivity contribution is -0.144. The predicted molar refractivity (Wildman–Crippen MR) is 80.8 cm³/mol. The normalized spacial score (nSPS) is 10.0. The Bertz CT molecular complexity index is 448. The summed E-state index contributed by atoms with van der Waals surface area (Å²) in [5, 5.41) is 8.75. The maximum Gasteiger partial charge on any atom is 0.323 e. The number of thioether (sulfide) groups is 1. The molecule has 0 heterocycles. The van der Waals surface area contributed by atoms with Crippen LogP contribution < -0.4 is 0 Å². The minimum absolute atomic E-state index is 0.138. The van der Waals surface area contributed by atoms with E-state index < -0.39 is 5.97 Å². The van der Waals surface area contributed by atoms with E-state index in [1.165, 1.54) is 9.80 Å². The molecule has 1 aromatic carbocycles. The SMILES string of the molecule is C=CCN(CC(=O)O)C(=O)CCCSc1ccccc1. The van der Waals surface area contributed by atoms with E-state index in [2.05, 4.69) is 6.58 Å². The van der Waals surface area contributed by atoms with E-state index in [0.29, 0.717) is 6.42 Å². The Balaban J connectivity index is 2.30. The molecule has 0 radical (unpaired) electrons. The summed E-state index contributed by atoms with van der Waals surface area (Å²) in [6.07, 6.45) is 2.63. The van der Waals surface area contributed by atoms with Crippen LogP contribution in [0.2, 0.25) is 0 Å². The Kier molecular flexibility index (Phi) is 7.50.